The molecule has 22 heavy (non-hydrogen) atoms. The van der Waals surface area contributed by atoms with Gasteiger partial charge in [-0.2, -0.15) is 0 Å². The highest BCUT2D eigenvalue weighted by Crippen LogP contribution is 2.26. The van der Waals surface area contributed by atoms with E-state index in [2.05, 4.69) is 22.4 Å². The third kappa shape index (κ3) is 2.76. The first-order valence-corrected chi connectivity index (χ1v) is 7.13. The Hall–Kier alpha value is -2.88. The number of primary amides is 1. The summed E-state index contributed by atoms with van der Waals surface area (Å²) >= 11 is 0. The molecule has 0 aliphatic heterocycles. The van der Waals surface area contributed by atoms with Crippen LogP contribution in [0.1, 0.15) is 21.6 Å². The molecule has 1 heterocycles. The van der Waals surface area contributed by atoms with Gasteiger partial charge in [-0.3, -0.25) is 9.78 Å². The van der Waals surface area contributed by atoms with E-state index in [9.17, 15) is 4.79 Å². The highest BCUT2D eigenvalue weighted by atomic mass is 16.1. The van der Waals surface area contributed by atoms with E-state index < -0.39 is 5.91 Å². The summed E-state index contributed by atoms with van der Waals surface area (Å²) < 4.78 is 0. The lowest BCUT2D eigenvalue weighted by Crippen LogP contribution is -2.12. The molecule has 0 aliphatic carbocycles. The number of hydrogen-bond acceptors (Lipinski definition) is 3. The number of anilines is 1. The van der Waals surface area contributed by atoms with Crippen molar-refractivity contribution in [3.8, 4) is 0 Å². The van der Waals surface area contributed by atoms with Gasteiger partial charge in [0.1, 0.15) is 0 Å². The molecule has 0 spiro atoms. The molecule has 4 nitrogen and oxygen atoms in total. The maximum atomic E-state index is 11.6. The summed E-state index contributed by atoms with van der Waals surface area (Å²) in [5.41, 5.74) is 9.53. The van der Waals surface area contributed by atoms with Gasteiger partial charge in [-0.15, -0.1) is 0 Å². The number of carbonyl (C=O) groups is 1. The predicted octanol–water partition coefficient (Wildman–Crippen LogP) is 3.25. The second-order valence-corrected chi connectivity index (χ2v) is 5.22. The number of nitrogens with zero attached hydrogens (tertiary/aromatic N) is 1. The SMILES string of the molecule is Cc1cc(NCc2ccccc2)c2cccc(C(N)=O)c2n1. The van der Waals surface area contributed by atoms with Gasteiger partial charge in [0.15, 0.2) is 0 Å². The molecule has 0 saturated carbocycles. The second kappa shape index (κ2) is 5.85. The van der Waals surface area contributed by atoms with Crippen LogP contribution in [0.5, 0.6) is 0 Å². The van der Waals surface area contributed by atoms with Gasteiger partial charge in [-0.05, 0) is 24.6 Å². The number of amides is 1. The monoisotopic (exact) mass is 291 g/mol. The van der Waals surface area contributed by atoms with E-state index in [4.69, 9.17) is 5.73 Å². The highest BCUT2D eigenvalue weighted by molar-refractivity contribution is 6.07. The molecule has 0 fully saturated rings. The first-order chi connectivity index (χ1) is 10.6. The van der Waals surface area contributed by atoms with Gasteiger partial charge in [0.2, 0.25) is 0 Å². The Morgan fingerprint density at radius 3 is 2.64 bits per heavy atom. The summed E-state index contributed by atoms with van der Waals surface area (Å²) in [7, 11) is 0. The minimum atomic E-state index is -0.460. The molecule has 1 aromatic heterocycles. The zero-order chi connectivity index (χ0) is 15.5. The molecule has 0 bridgehead atoms. The third-order valence-electron chi connectivity index (χ3n) is 3.56. The van der Waals surface area contributed by atoms with Crippen LogP contribution in [-0.2, 0) is 6.54 Å². The molecular weight excluding hydrogens is 274 g/mol. The van der Waals surface area contributed by atoms with E-state index in [1.807, 2.05) is 43.3 Å². The lowest BCUT2D eigenvalue weighted by molar-refractivity contribution is 0.100. The summed E-state index contributed by atoms with van der Waals surface area (Å²) in [6.45, 7) is 2.62. The van der Waals surface area contributed by atoms with Crippen LogP contribution < -0.4 is 11.1 Å². The molecule has 0 saturated heterocycles. The quantitative estimate of drug-likeness (QED) is 0.775. The fourth-order valence-corrected chi connectivity index (χ4v) is 2.51. The van der Waals surface area contributed by atoms with E-state index in [0.29, 0.717) is 17.6 Å². The Kier molecular flexibility index (Phi) is 3.74. The van der Waals surface area contributed by atoms with E-state index in [1.54, 1.807) is 6.07 Å². The molecule has 110 valence electrons. The van der Waals surface area contributed by atoms with Gasteiger partial charge >= 0.3 is 0 Å². The van der Waals surface area contributed by atoms with Gasteiger partial charge in [0.25, 0.3) is 5.91 Å². The number of nitrogens with one attached hydrogen (secondary N) is 1. The lowest BCUT2D eigenvalue weighted by Gasteiger charge is -2.12. The van der Waals surface area contributed by atoms with Gasteiger partial charge in [-0.25, -0.2) is 0 Å². The number of para-hydroxylation sites is 1. The molecule has 1 amide bonds. The fourth-order valence-electron chi connectivity index (χ4n) is 2.51. The number of aryl methyl sites for hydroxylation is 1. The van der Waals surface area contributed by atoms with Crippen molar-refractivity contribution in [3.63, 3.8) is 0 Å². The number of pyridine rings is 1. The minimum Gasteiger partial charge on any atom is -0.380 e. The zero-order valence-corrected chi connectivity index (χ0v) is 12.3. The zero-order valence-electron chi connectivity index (χ0n) is 12.3. The molecule has 3 aromatic rings. The van der Waals surface area contributed by atoms with Gasteiger partial charge in [0.05, 0.1) is 11.1 Å². The molecule has 3 N–H and O–H groups in total. The van der Waals surface area contributed by atoms with E-state index >= 15 is 0 Å². The summed E-state index contributed by atoms with van der Waals surface area (Å²) in [5.74, 6) is -0.460. The highest BCUT2D eigenvalue weighted by Gasteiger charge is 2.11. The Bertz CT molecular complexity index is 828. The third-order valence-corrected chi connectivity index (χ3v) is 3.56. The van der Waals surface area contributed by atoms with Crippen molar-refractivity contribution in [1.82, 2.24) is 4.98 Å². The number of fused-ring (bicyclic) bond motifs is 1. The molecule has 2 aromatic carbocycles. The number of rotatable bonds is 4. The van der Waals surface area contributed by atoms with Crippen LogP contribution in [0.15, 0.2) is 54.6 Å². The summed E-state index contributed by atoms with van der Waals surface area (Å²) in [5, 5.41) is 4.32. The van der Waals surface area contributed by atoms with Crippen LogP contribution in [0, 0.1) is 6.92 Å². The molecule has 0 aliphatic rings. The maximum absolute atomic E-state index is 11.6. The molecule has 0 radical (unpaired) electrons. The first-order valence-electron chi connectivity index (χ1n) is 7.13. The largest absolute Gasteiger partial charge is 0.380 e. The molecule has 3 rings (SSSR count). The van der Waals surface area contributed by atoms with Crippen LogP contribution >= 0.6 is 0 Å². The van der Waals surface area contributed by atoms with Crippen molar-refractivity contribution in [1.29, 1.82) is 0 Å². The van der Waals surface area contributed by atoms with Crippen molar-refractivity contribution in [2.75, 3.05) is 5.32 Å². The number of benzene rings is 2. The predicted molar refractivity (Wildman–Crippen MR) is 88.8 cm³/mol. The van der Waals surface area contributed by atoms with Crippen LogP contribution in [-0.4, -0.2) is 10.9 Å². The average Bonchev–Trinajstić information content (AvgIpc) is 2.52. The van der Waals surface area contributed by atoms with Crippen molar-refractivity contribution in [2.24, 2.45) is 5.73 Å². The topological polar surface area (TPSA) is 68.0 Å². The van der Waals surface area contributed by atoms with Gasteiger partial charge < -0.3 is 11.1 Å². The normalized spacial score (nSPS) is 10.6. The number of carbonyl (C=O) groups excluding carboxylic acids is 1. The van der Waals surface area contributed by atoms with Crippen LogP contribution in [0.4, 0.5) is 5.69 Å². The minimum absolute atomic E-state index is 0.448. The van der Waals surface area contributed by atoms with E-state index in [1.165, 1.54) is 5.56 Å². The van der Waals surface area contributed by atoms with Crippen molar-refractivity contribution in [2.45, 2.75) is 13.5 Å². The van der Waals surface area contributed by atoms with E-state index in [-0.39, 0.29) is 0 Å². The van der Waals surface area contributed by atoms with Gasteiger partial charge in [-0.1, -0.05) is 42.5 Å². The summed E-state index contributed by atoms with van der Waals surface area (Å²) in [6, 6.07) is 17.6. The van der Waals surface area contributed by atoms with Crippen molar-refractivity contribution < 1.29 is 4.79 Å². The molecule has 4 heteroatoms. The maximum Gasteiger partial charge on any atom is 0.250 e. The van der Waals surface area contributed by atoms with Crippen LogP contribution in [0.2, 0.25) is 0 Å². The lowest BCUT2D eigenvalue weighted by atomic mass is 10.1. The molecule has 0 unspecified atom stereocenters. The molecule has 0 atom stereocenters. The second-order valence-electron chi connectivity index (χ2n) is 5.22. The van der Waals surface area contributed by atoms with Crippen molar-refractivity contribution >= 4 is 22.5 Å². The fraction of sp³-hybridized carbons (Fsp3) is 0.111. The van der Waals surface area contributed by atoms with Crippen LogP contribution in [0.25, 0.3) is 10.9 Å². The van der Waals surface area contributed by atoms with Crippen molar-refractivity contribution in [3.05, 3.63) is 71.4 Å². The smallest absolute Gasteiger partial charge is 0.250 e. The Morgan fingerprint density at radius 1 is 1.14 bits per heavy atom. The van der Waals surface area contributed by atoms with Gasteiger partial charge in [0, 0.05) is 23.3 Å². The summed E-state index contributed by atoms with van der Waals surface area (Å²) in [6.07, 6.45) is 0. The average molecular weight is 291 g/mol. The number of hydrogen-bond donors (Lipinski definition) is 2. The number of aromatic nitrogens is 1. The van der Waals surface area contributed by atoms with Crippen LogP contribution in [0.3, 0.4) is 0 Å². The summed E-state index contributed by atoms with van der Waals surface area (Å²) in [4.78, 5) is 16.1. The molecular formula is C18H17N3O. The Morgan fingerprint density at radius 2 is 1.91 bits per heavy atom. The van der Waals surface area contributed by atoms with E-state index in [0.717, 1.165) is 16.8 Å². The Labute approximate surface area is 129 Å². The standard InChI is InChI=1S/C18H17N3O/c1-12-10-16(20-11-13-6-3-2-4-7-13)14-8-5-9-15(18(19)22)17(14)21-12/h2-10H,11H2,1H3,(H2,19,22)(H,20,21). The first kappa shape index (κ1) is 14.1. The Balaban J connectivity index is 2.02. The number of nitrogens with two attached hydrogens (primary N) is 1.